The molecule has 0 N–H and O–H groups in total. The van der Waals surface area contributed by atoms with E-state index in [9.17, 15) is 4.79 Å². The number of hydrogen-bond donors (Lipinski definition) is 0. The summed E-state index contributed by atoms with van der Waals surface area (Å²) in [7, 11) is 1.99. The van der Waals surface area contributed by atoms with E-state index in [1.165, 1.54) is 0 Å². The molecular weight excluding hydrogens is 168 g/mol. The highest BCUT2D eigenvalue weighted by Gasteiger charge is 2.22. The molecule has 1 aliphatic rings. The zero-order valence-electron chi connectivity index (χ0n) is 7.82. The van der Waals surface area contributed by atoms with Crippen LogP contribution in [0.15, 0.2) is 0 Å². The zero-order chi connectivity index (χ0) is 9.42. The Morgan fingerprint density at radius 3 is 3.00 bits per heavy atom. The summed E-state index contributed by atoms with van der Waals surface area (Å²) in [6.45, 7) is 3.40. The number of carbonyl (C=O) groups excluding carboxylic acids is 1. The normalized spacial score (nSPS) is 14.8. The Morgan fingerprint density at radius 2 is 2.31 bits per heavy atom. The monoisotopic (exact) mass is 180 g/mol. The summed E-state index contributed by atoms with van der Waals surface area (Å²) in [5.41, 5.74) is 0.799. The third kappa shape index (κ3) is 1.30. The van der Waals surface area contributed by atoms with Crippen molar-refractivity contribution >= 4 is 11.6 Å². The van der Waals surface area contributed by atoms with Crippen LogP contribution in [0.1, 0.15) is 12.6 Å². The van der Waals surface area contributed by atoms with Crippen molar-refractivity contribution in [3.05, 3.63) is 5.69 Å². The van der Waals surface area contributed by atoms with E-state index in [-0.39, 0.29) is 5.78 Å². The van der Waals surface area contributed by atoms with E-state index in [0.29, 0.717) is 6.42 Å². The van der Waals surface area contributed by atoms with E-state index in [0.717, 1.165) is 24.6 Å². The first-order chi connectivity index (χ1) is 6.18. The average molecular weight is 180 g/mol. The molecule has 0 saturated heterocycles. The molecule has 70 valence electrons. The minimum Gasteiger partial charge on any atom is -0.356 e. The van der Waals surface area contributed by atoms with E-state index < -0.39 is 0 Å². The quantitative estimate of drug-likeness (QED) is 0.635. The minimum absolute atomic E-state index is 0.128. The molecule has 0 aromatic carbocycles. The SMILES string of the molecule is CC(=O)Cc1nnn2c1N(C)CC2. The number of likely N-dealkylation sites (N-methyl/N-ethyl adjacent to an activating group) is 1. The van der Waals surface area contributed by atoms with Gasteiger partial charge in [0, 0.05) is 13.6 Å². The molecule has 1 aromatic heterocycles. The van der Waals surface area contributed by atoms with Gasteiger partial charge in [0.05, 0.1) is 13.0 Å². The molecule has 0 radical (unpaired) electrons. The van der Waals surface area contributed by atoms with E-state index in [1.807, 2.05) is 11.7 Å². The van der Waals surface area contributed by atoms with E-state index in [2.05, 4.69) is 15.2 Å². The van der Waals surface area contributed by atoms with Gasteiger partial charge in [-0.15, -0.1) is 5.10 Å². The summed E-state index contributed by atoms with van der Waals surface area (Å²) in [6, 6.07) is 0. The molecule has 0 atom stereocenters. The molecule has 5 heteroatoms. The number of nitrogens with zero attached hydrogens (tertiary/aromatic N) is 4. The molecule has 2 rings (SSSR count). The van der Waals surface area contributed by atoms with E-state index in [1.54, 1.807) is 6.92 Å². The van der Waals surface area contributed by atoms with E-state index >= 15 is 0 Å². The van der Waals surface area contributed by atoms with Crippen molar-refractivity contribution in [2.45, 2.75) is 19.9 Å². The number of Topliss-reactive ketones (excluding diaryl/α,β-unsaturated/α-hetero) is 1. The van der Waals surface area contributed by atoms with Gasteiger partial charge in [0.15, 0.2) is 5.82 Å². The highest BCUT2D eigenvalue weighted by Crippen LogP contribution is 2.22. The molecule has 0 bridgehead atoms. The second kappa shape index (κ2) is 2.83. The standard InChI is InChI=1S/C8H12N4O/c1-6(13)5-7-8-11(2)3-4-12(8)10-9-7/h3-5H2,1-2H3. The first kappa shape index (κ1) is 8.22. The van der Waals surface area contributed by atoms with Crippen LogP contribution in [0, 0.1) is 0 Å². The van der Waals surface area contributed by atoms with Gasteiger partial charge in [-0.25, -0.2) is 4.68 Å². The van der Waals surface area contributed by atoms with Crippen molar-refractivity contribution in [1.82, 2.24) is 15.0 Å². The fourth-order valence-corrected chi connectivity index (χ4v) is 1.61. The number of aromatic nitrogens is 3. The number of fused-ring (bicyclic) bond motifs is 1. The van der Waals surface area contributed by atoms with Crippen molar-refractivity contribution < 1.29 is 4.79 Å². The highest BCUT2D eigenvalue weighted by atomic mass is 16.1. The molecule has 0 aliphatic carbocycles. The van der Waals surface area contributed by atoms with Gasteiger partial charge in [-0.05, 0) is 6.92 Å². The smallest absolute Gasteiger partial charge is 0.151 e. The van der Waals surface area contributed by atoms with Gasteiger partial charge in [0.25, 0.3) is 0 Å². The van der Waals surface area contributed by atoms with Crippen molar-refractivity contribution in [2.24, 2.45) is 0 Å². The number of rotatable bonds is 2. The fourth-order valence-electron chi connectivity index (χ4n) is 1.61. The van der Waals surface area contributed by atoms with Crippen LogP contribution in [0.3, 0.4) is 0 Å². The Morgan fingerprint density at radius 1 is 1.54 bits per heavy atom. The summed E-state index contributed by atoms with van der Waals surface area (Å²) in [5.74, 6) is 1.12. The van der Waals surface area contributed by atoms with E-state index in [4.69, 9.17) is 0 Å². The Kier molecular flexibility index (Phi) is 1.79. The van der Waals surface area contributed by atoms with Gasteiger partial charge in [0.2, 0.25) is 0 Å². The predicted molar refractivity (Wildman–Crippen MR) is 47.7 cm³/mol. The largest absolute Gasteiger partial charge is 0.356 e. The van der Waals surface area contributed by atoms with Crippen molar-refractivity contribution in [3.8, 4) is 0 Å². The lowest BCUT2D eigenvalue weighted by Gasteiger charge is -2.09. The number of anilines is 1. The van der Waals surface area contributed by atoms with Crippen LogP contribution in [0.25, 0.3) is 0 Å². The second-order valence-electron chi connectivity index (χ2n) is 3.38. The van der Waals surface area contributed by atoms with Gasteiger partial charge in [-0.2, -0.15) is 0 Å². The number of carbonyl (C=O) groups is 1. The van der Waals surface area contributed by atoms with Gasteiger partial charge < -0.3 is 4.90 Å². The summed E-state index contributed by atoms with van der Waals surface area (Å²) in [4.78, 5) is 13.0. The highest BCUT2D eigenvalue weighted by molar-refractivity contribution is 5.79. The maximum atomic E-state index is 10.9. The molecule has 2 heterocycles. The molecule has 0 spiro atoms. The lowest BCUT2D eigenvalue weighted by Crippen LogP contribution is -2.15. The summed E-state index contributed by atoms with van der Waals surface area (Å²) in [6.07, 6.45) is 0.389. The molecule has 0 unspecified atom stereocenters. The average Bonchev–Trinajstić information content (AvgIpc) is 2.56. The maximum Gasteiger partial charge on any atom is 0.151 e. The van der Waals surface area contributed by atoms with Crippen LogP contribution < -0.4 is 4.90 Å². The second-order valence-corrected chi connectivity index (χ2v) is 3.38. The minimum atomic E-state index is 0.128. The molecular formula is C8H12N4O. The van der Waals surface area contributed by atoms with Crippen LogP contribution in [0.5, 0.6) is 0 Å². The third-order valence-corrected chi connectivity index (χ3v) is 2.20. The summed E-state index contributed by atoms with van der Waals surface area (Å²) < 4.78 is 1.85. The molecule has 13 heavy (non-hydrogen) atoms. The first-order valence-corrected chi connectivity index (χ1v) is 4.31. The molecule has 1 aliphatic heterocycles. The van der Waals surface area contributed by atoms with Gasteiger partial charge in [0.1, 0.15) is 11.5 Å². The Bertz CT molecular complexity index is 344. The lowest BCUT2D eigenvalue weighted by molar-refractivity contribution is -0.116. The molecule has 0 amide bonds. The molecule has 5 nitrogen and oxygen atoms in total. The topological polar surface area (TPSA) is 51.0 Å². The fraction of sp³-hybridized carbons (Fsp3) is 0.625. The van der Waals surface area contributed by atoms with Crippen molar-refractivity contribution in [3.63, 3.8) is 0 Å². The van der Waals surface area contributed by atoms with Crippen molar-refractivity contribution in [1.29, 1.82) is 0 Å². The van der Waals surface area contributed by atoms with Gasteiger partial charge in [-0.1, -0.05) is 5.21 Å². The third-order valence-electron chi connectivity index (χ3n) is 2.20. The number of ketones is 1. The zero-order valence-corrected chi connectivity index (χ0v) is 7.82. The number of hydrogen-bond acceptors (Lipinski definition) is 4. The van der Waals surface area contributed by atoms with Crippen LogP contribution >= 0.6 is 0 Å². The summed E-state index contributed by atoms with van der Waals surface area (Å²) >= 11 is 0. The van der Waals surface area contributed by atoms with Crippen molar-refractivity contribution in [2.75, 3.05) is 18.5 Å². The Hall–Kier alpha value is -1.39. The van der Waals surface area contributed by atoms with Crippen LogP contribution in [0.4, 0.5) is 5.82 Å². The first-order valence-electron chi connectivity index (χ1n) is 4.31. The van der Waals surface area contributed by atoms with Crippen LogP contribution in [0.2, 0.25) is 0 Å². The predicted octanol–water partition coefficient (Wildman–Crippen LogP) is -0.141. The van der Waals surface area contributed by atoms with Crippen LogP contribution in [-0.4, -0.2) is 34.4 Å². The molecule has 1 aromatic rings. The van der Waals surface area contributed by atoms with Crippen LogP contribution in [-0.2, 0) is 17.8 Å². The lowest BCUT2D eigenvalue weighted by atomic mass is 10.2. The molecule has 0 fully saturated rings. The molecule has 0 saturated carbocycles. The maximum absolute atomic E-state index is 10.9. The van der Waals surface area contributed by atoms with Gasteiger partial charge >= 0.3 is 0 Å². The Balaban J connectivity index is 2.32. The Labute approximate surface area is 76.3 Å². The van der Waals surface area contributed by atoms with Gasteiger partial charge in [-0.3, -0.25) is 4.79 Å². The summed E-state index contributed by atoms with van der Waals surface area (Å²) in [5, 5.41) is 7.95.